The number of aromatic hydroxyl groups is 1. The summed E-state index contributed by atoms with van der Waals surface area (Å²) in [5, 5.41) is 9.85. The SMILES string of the molecule is CC1CCN(C2CCN(C(=O)[C@H](C)Cc3cc(Br)c(O)c(Br)c3)CC2)CC1. The molecule has 1 amide bonds. The number of rotatable bonds is 4. The fourth-order valence-corrected chi connectivity index (χ4v) is 5.61. The molecular weight excluding hydrogens is 472 g/mol. The molecule has 2 fully saturated rings. The van der Waals surface area contributed by atoms with Crippen molar-refractivity contribution < 1.29 is 9.90 Å². The minimum absolute atomic E-state index is 0.0549. The molecule has 2 saturated heterocycles. The van der Waals surface area contributed by atoms with E-state index in [0.717, 1.165) is 37.4 Å². The highest BCUT2D eigenvalue weighted by atomic mass is 79.9. The van der Waals surface area contributed by atoms with E-state index in [1.165, 1.54) is 25.9 Å². The molecule has 1 aromatic rings. The van der Waals surface area contributed by atoms with E-state index in [1.54, 1.807) is 0 Å². The van der Waals surface area contributed by atoms with E-state index in [2.05, 4.69) is 48.6 Å². The maximum atomic E-state index is 12.9. The summed E-state index contributed by atoms with van der Waals surface area (Å²) in [6.45, 7) is 8.56. The molecular formula is C21H30Br2N2O2. The minimum Gasteiger partial charge on any atom is -0.506 e. The lowest BCUT2D eigenvalue weighted by Crippen LogP contribution is -2.49. The molecule has 0 spiro atoms. The van der Waals surface area contributed by atoms with Crippen molar-refractivity contribution in [1.82, 2.24) is 9.80 Å². The van der Waals surface area contributed by atoms with Crippen LogP contribution in [0.3, 0.4) is 0 Å². The first-order chi connectivity index (χ1) is 12.8. The Kier molecular flexibility index (Phi) is 7.25. The average Bonchev–Trinajstić information content (AvgIpc) is 2.66. The van der Waals surface area contributed by atoms with Gasteiger partial charge in [0.1, 0.15) is 5.75 Å². The van der Waals surface area contributed by atoms with Gasteiger partial charge in [-0.25, -0.2) is 0 Å². The summed E-state index contributed by atoms with van der Waals surface area (Å²) in [6.07, 6.45) is 5.51. The highest BCUT2D eigenvalue weighted by molar-refractivity contribution is 9.11. The lowest BCUT2D eigenvalue weighted by atomic mass is 9.94. The van der Waals surface area contributed by atoms with Crippen molar-refractivity contribution in [3.05, 3.63) is 26.6 Å². The van der Waals surface area contributed by atoms with Crippen molar-refractivity contribution in [3.8, 4) is 5.75 Å². The number of hydrogen-bond acceptors (Lipinski definition) is 3. The van der Waals surface area contributed by atoms with Crippen LogP contribution in [0.25, 0.3) is 0 Å². The maximum Gasteiger partial charge on any atom is 0.225 e. The molecule has 2 aliphatic heterocycles. The molecule has 4 nitrogen and oxygen atoms in total. The molecule has 3 rings (SSSR count). The van der Waals surface area contributed by atoms with Gasteiger partial charge in [0, 0.05) is 25.0 Å². The first-order valence-electron chi connectivity index (χ1n) is 10.0. The van der Waals surface area contributed by atoms with E-state index in [0.29, 0.717) is 21.4 Å². The predicted molar refractivity (Wildman–Crippen MR) is 116 cm³/mol. The van der Waals surface area contributed by atoms with Crippen LogP contribution >= 0.6 is 31.9 Å². The number of benzene rings is 1. The maximum absolute atomic E-state index is 12.9. The van der Waals surface area contributed by atoms with Gasteiger partial charge in [0.25, 0.3) is 0 Å². The fraction of sp³-hybridized carbons (Fsp3) is 0.667. The Labute approximate surface area is 179 Å². The van der Waals surface area contributed by atoms with E-state index < -0.39 is 0 Å². The molecule has 27 heavy (non-hydrogen) atoms. The molecule has 0 saturated carbocycles. The van der Waals surface area contributed by atoms with Crippen molar-refractivity contribution in [3.63, 3.8) is 0 Å². The summed E-state index contributed by atoms with van der Waals surface area (Å²) in [5.74, 6) is 1.26. The third-order valence-corrected chi connectivity index (χ3v) is 7.36. The van der Waals surface area contributed by atoms with Crippen molar-refractivity contribution in [2.45, 2.75) is 52.0 Å². The van der Waals surface area contributed by atoms with Crippen LogP contribution in [-0.4, -0.2) is 53.0 Å². The summed E-state index contributed by atoms with van der Waals surface area (Å²) in [5.41, 5.74) is 1.05. The average molecular weight is 502 g/mol. The largest absolute Gasteiger partial charge is 0.506 e. The summed E-state index contributed by atoms with van der Waals surface area (Å²) in [7, 11) is 0. The van der Waals surface area contributed by atoms with E-state index in [9.17, 15) is 9.90 Å². The number of amides is 1. The van der Waals surface area contributed by atoms with Gasteiger partial charge in [0.15, 0.2) is 0 Å². The van der Waals surface area contributed by atoms with Crippen molar-refractivity contribution >= 4 is 37.8 Å². The Hall–Kier alpha value is -0.590. The van der Waals surface area contributed by atoms with E-state index in [1.807, 2.05) is 19.1 Å². The summed E-state index contributed by atoms with van der Waals surface area (Å²) in [6, 6.07) is 4.45. The monoisotopic (exact) mass is 500 g/mol. The second kappa shape index (κ2) is 9.27. The molecule has 0 aromatic heterocycles. The van der Waals surface area contributed by atoms with Crippen molar-refractivity contribution in [2.75, 3.05) is 26.2 Å². The van der Waals surface area contributed by atoms with Crippen LogP contribution in [-0.2, 0) is 11.2 Å². The third-order valence-electron chi connectivity index (χ3n) is 6.15. The van der Waals surface area contributed by atoms with Crippen LogP contribution in [0.5, 0.6) is 5.75 Å². The van der Waals surface area contributed by atoms with Gasteiger partial charge in [-0.3, -0.25) is 4.79 Å². The summed E-state index contributed by atoms with van der Waals surface area (Å²) in [4.78, 5) is 17.6. The quantitative estimate of drug-likeness (QED) is 0.643. The van der Waals surface area contributed by atoms with E-state index in [4.69, 9.17) is 0 Å². The number of carbonyl (C=O) groups excluding carboxylic acids is 1. The molecule has 1 atom stereocenters. The molecule has 0 radical (unpaired) electrons. The Bertz CT molecular complexity index is 643. The number of likely N-dealkylation sites (tertiary alicyclic amines) is 2. The second-order valence-corrected chi connectivity index (χ2v) is 10.00. The van der Waals surface area contributed by atoms with Crippen LogP contribution in [0, 0.1) is 11.8 Å². The van der Waals surface area contributed by atoms with E-state index in [-0.39, 0.29) is 17.6 Å². The fourth-order valence-electron chi connectivity index (χ4n) is 4.33. The lowest BCUT2D eigenvalue weighted by molar-refractivity contribution is -0.136. The van der Waals surface area contributed by atoms with Gasteiger partial charge >= 0.3 is 0 Å². The minimum atomic E-state index is -0.0549. The van der Waals surface area contributed by atoms with Crippen LogP contribution in [0.15, 0.2) is 21.1 Å². The lowest BCUT2D eigenvalue weighted by Gasteiger charge is -2.41. The second-order valence-electron chi connectivity index (χ2n) is 8.29. The molecule has 1 aromatic carbocycles. The summed E-state index contributed by atoms with van der Waals surface area (Å²) < 4.78 is 1.31. The Morgan fingerprint density at radius 3 is 2.22 bits per heavy atom. The van der Waals surface area contributed by atoms with Gasteiger partial charge in [0.05, 0.1) is 8.95 Å². The van der Waals surface area contributed by atoms with Gasteiger partial charge in [-0.2, -0.15) is 0 Å². The van der Waals surface area contributed by atoms with Crippen LogP contribution < -0.4 is 0 Å². The Morgan fingerprint density at radius 2 is 1.67 bits per heavy atom. The Balaban J connectivity index is 1.51. The molecule has 2 heterocycles. The number of carbonyl (C=O) groups is 1. The van der Waals surface area contributed by atoms with E-state index >= 15 is 0 Å². The van der Waals surface area contributed by atoms with Gasteiger partial charge in [0.2, 0.25) is 5.91 Å². The molecule has 0 unspecified atom stereocenters. The topological polar surface area (TPSA) is 43.8 Å². The van der Waals surface area contributed by atoms with Crippen LogP contribution in [0.1, 0.15) is 45.1 Å². The van der Waals surface area contributed by atoms with Gasteiger partial charge < -0.3 is 14.9 Å². The zero-order chi connectivity index (χ0) is 19.6. The zero-order valence-electron chi connectivity index (χ0n) is 16.3. The molecule has 2 aliphatic rings. The number of piperidine rings is 2. The van der Waals surface area contributed by atoms with Crippen molar-refractivity contribution in [2.24, 2.45) is 11.8 Å². The third kappa shape index (κ3) is 5.27. The normalized spacial score (nSPS) is 21.4. The number of phenolic OH excluding ortho intramolecular Hbond substituents is 1. The first kappa shape index (κ1) is 21.1. The standard InChI is InChI=1S/C21H30Br2N2O2/c1-14-3-7-24(8-4-14)17-5-9-25(10-6-17)21(27)15(2)11-16-12-18(22)20(26)19(23)13-16/h12-15,17,26H,3-11H2,1-2H3/t15-/m1/s1. The highest BCUT2D eigenvalue weighted by Crippen LogP contribution is 2.34. The summed E-state index contributed by atoms with van der Waals surface area (Å²) >= 11 is 6.74. The first-order valence-corrected chi connectivity index (χ1v) is 11.6. The Morgan fingerprint density at radius 1 is 1.11 bits per heavy atom. The zero-order valence-corrected chi connectivity index (χ0v) is 19.4. The number of halogens is 2. The molecule has 1 N–H and O–H groups in total. The molecule has 6 heteroatoms. The van der Waals surface area contributed by atoms with Gasteiger partial charge in [-0.15, -0.1) is 0 Å². The molecule has 0 bridgehead atoms. The van der Waals surface area contributed by atoms with Gasteiger partial charge in [-0.05, 0) is 101 Å². The number of hydrogen-bond donors (Lipinski definition) is 1. The van der Waals surface area contributed by atoms with Crippen LogP contribution in [0.2, 0.25) is 0 Å². The smallest absolute Gasteiger partial charge is 0.225 e. The van der Waals surface area contributed by atoms with Gasteiger partial charge in [-0.1, -0.05) is 13.8 Å². The molecule has 150 valence electrons. The number of nitrogens with zero attached hydrogens (tertiary/aromatic N) is 2. The predicted octanol–water partition coefficient (Wildman–Crippen LogP) is 4.82. The molecule has 0 aliphatic carbocycles. The van der Waals surface area contributed by atoms with Crippen LogP contribution in [0.4, 0.5) is 0 Å². The van der Waals surface area contributed by atoms with Crippen molar-refractivity contribution in [1.29, 1.82) is 0 Å². The number of phenols is 1. The highest BCUT2D eigenvalue weighted by Gasteiger charge is 2.30.